The van der Waals surface area contributed by atoms with Crippen molar-refractivity contribution >= 4 is 28.3 Å². The van der Waals surface area contributed by atoms with Crippen LogP contribution in [0.4, 0.5) is 9.80 Å². The number of amides is 3. The van der Waals surface area contributed by atoms with Crippen LogP contribution in [0.5, 0.6) is 0 Å². The van der Waals surface area contributed by atoms with Gasteiger partial charge < -0.3 is 25.6 Å². The van der Waals surface area contributed by atoms with E-state index in [1.54, 1.807) is 0 Å². The summed E-state index contributed by atoms with van der Waals surface area (Å²) in [6, 6.07) is 9.01. The van der Waals surface area contributed by atoms with Crippen LogP contribution in [-0.2, 0) is 28.9 Å². The first kappa shape index (κ1) is 19.3. The van der Waals surface area contributed by atoms with E-state index in [1.807, 2.05) is 30.3 Å². The van der Waals surface area contributed by atoms with E-state index in [9.17, 15) is 14.7 Å². The Kier molecular flexibility index (Phi) is 5.41. The van der Waals surface area contributed by atoms with Crippen molar-refractivity contribution in [1.82, 2.24) is 5.32 Å². The molecule has 0 bridgehead atoms. The van der Waals surface area contributed by atoms with Gasteiger partial charge in [-0.15, -0.1) is 11.3 Å². The monoisotopic (exact) mass is 415 g/mol. The van der Waals surface area contributed by atoms with Crippen LogP contribution in [0.25, 0.3) is 0 Å². The van der Waals surface area contributed by atoms with E-state index < -0.39 is 18.0 Å². The van der Waals surface area contributed by atoms with Gasteiger partial charge in [0.2, 0.25) is 12.7 Å². The zero-order valence-corrected chi connectivity index (χ0v) is 16.4. The third kappa shape index (κ3) is 3.92. The van der Waals surface area contributed by atoms with Gasteiger partial charge in [-0.05, 0) is 24.0 Å². The molecular formula is C20H21N3O5S. The maximum Gasteiger partial charge on any atom is 0.329 e. The van der Waals surface area contributed by atoms with Gasteiger partial charge in [0.15, 0.2) is 0 Å². The summed E-state index contributed by atoms with van der Waals surface area (Å²) in [5.41, 5.74) is 7.70. The van der Waals surface area contributed by atoms with Gasteiger partial charge in [-0.1, -0.05) is 30.3 Å². The molecule has 152 valence electrons. The molecule has 2 aliphatic rings. The number of primary amides is 1. The fraction of sp³-hybridized carbons (Fsp3) is 0.300. The molecule has 1 aliphatic carbocycles. The van der Waals surface area contributed by atoms with E-state index in [4.69, 9.17) is 15.2 Å². The normalized spacial score (nSPS) is 17.6. The Balaban J connectivity index is 1.69. The second-order valence-corrected chi connectivity index (χ2v) is 7.89. The third-order valence-corrected chi connectivity index (χ3v) is 6.08. The number of nitrogens with one attached hydrogen (secondary N) is 1. The van der Waals surface area contributed by atoms with Crippen LogP contribution in [0, 0.1) is 0 Å². The number of hydrogen-bond donors (Lipinski definition) is 3. The van der Waals surface area contributed by atoms with E-state index in [1.165, 1.54) is 22.5 Å². The molecule has 2 heterocycles. The molecule has 4 rings (SSSR count). The van der Waals surface area contributed by atoms with Gasteiger partial charge in [0.25, 0.3) is 5.91 Å². The summed E-state index contributed by atoms with van der Waals surface area (Å²) in [5.74, 6) is -0.438. The van der Waals surface area contributed by atoms with Crippen molar-refractivity contribution in [2.45, 2.75) is 31.9 Å². The molecule has 9 heteroatoms. The molecule has 1 unspecified atom stereocenters. The predicted molar refractivity (Wildman–Crippen MR) is 107 cm³/mol. The molecule has 29 heavy (non-hydrogen) atoms. The second kappa shape index (κ2) is 8.14. The molecule has 1 aromatic carbocycles. The van der Waals surface area contributed by atoms with E-state index in [2.05, 4.69) is 5.32 Å². The third-order valence-electron chi connectivity index (χ3n) is 4.84. The Morgan fingerprint density at radius 1 is 1.31 bits per heavy atom. The van der Waals surface area contributed by atoms with Crippen molar-refractivity contribution in [3.63, 3.8) is 0 Å². The number of carbonyl (C=O) groups excluding carboxylic acids is 2. The van der Waals surface area contributed by atoms with Gasteiger partial charge in [-0.3, -0.25) is 4.79 Å². The van der Waals surface area contributed by atoms with E-state index in [0.29, 0.717) is 36.4 Å². The van der Waals surface area contributed by atoms with E-state index in [0.717, 1.165) is 16.0 Å². The molecule has 0 radical (unpaired) electrons. The van der Waals surface area contributed by atoms with Crippen LogP contribution < -0.4 is 16.0 Å². The molecule has 1 atom stereocenters. The maximum atomic E-state index is 13.1. The molecule has 3 amide bonds. The summed E-state index contributed by atoms with van der Waals surface area (Å²) in [7, 11) is 0. The first-order valence-electron chi connectivity index (χ1n) is 9.23. The fourth-order valence-electron chi connectivity index (χ4n) is 3.46. The highest BCUT2D eigenvalue weighted by atomic mass is 32.1. The van der Waals surface area contributed by atoms with Crippen molar-refractivity contribution in [3.05, 3.63) is 64.0 Å². The Labute approximate surface area is 171 Å². The number of anilines is 1. The lowest BCUT2D eigenvalue weighted by molar-refractivity contribution is 0.0793. The SMILES string of the molecule is NC(=O)c1c(N(C(=O)NCc2ccccc2)C2=COCO2)sc2c1CCC(O)C2. The average molecular weight is 415 g/mol. The number of urea groups is 1. The zero-order chi connectivity index (χ0) is 20.4. The molecule has 1 aliphatic heterocycles. The number of carbonyl (C=O) groups is 2. The van der Waals surface area contributed by atoms with Crippen LogP contribution in [0.3, 0.4) is 0 Å². The molecule has 4 N–H and O–H groups in total. The highest BCUT2D eigenvalue weighted by Gasteiger charge is 2.34. The molecule has 2 aromatic rings. The number of rotatable bonds is 5. The Hall–Kier alpha value is -3.04. The minimum absolute atomic E-state index is 0.0203. The van der Waals surface area contributed by atoms with Crippen LogP contribution in [0.1, 0.15) is 32.8 Å². The standard InChI is InChI=1S/C20H21N3O5S/c21-18(25)17-14-7-6-13(24)8-15(14)29-19(17)23(16-10-27-11-28-16)20(26)22-9-12-4-2-1-3-5-12/h1-5,10,13,24H,6-9,11H2,(H2,21,25)(H,22,26). The summed E-state index contributed by atoms with van der Waals surface area (Å²) in [4.78, 5) is 27.5. The van der Waals surface area contributed by atoms with Crippen molar-refractivity contribution in [2.24, 2.45) is 5.73 Å². The van der Waals surface area contributed by atoms with Gasteiger partial charge in [-0.25, -0.2) is 9.69 Å². The zero-order valence-electron chi connectivity index (χ0n) is 15.6. The number of benzene rings is 1. The molecule has 0 fully saturated rings. The van der Waals surface area contributed by atoms with Gasteiger partial charge in [0, 0.05) is 17.8 Å². The first-order chi connectivity index (χ1) is 14.0. The summed E-state index contributed by atoms with van der Waals surface area (Å²) >= 11 is 1.27. The lowest BCUT2D eigenvalue weighted by Gasteiger charge is -2.22. The number of fused-ring (bicyclic) bond motifs is 1. The predicted octanol–water partition coefficient (Wildman–Crippen LogP) is 2.22. The van der Waals surface area contributed by atoms with E-state index in [-0.39, 0.29) is 12.7 Å². The summed E-state index contributed by atoms with van der Waals surface area (Å²) in [5, 5.41) is 13.2. The number of hydrogen-bond acceptors (Lipinski definition) is 6. The lowest BCUT2D eigenvalue weighted by atomic mass is 9.93. The van der Waals surface area contributed by atoms with Crippen LogP contribution in [-0.4, -0.2) is 29.9 Å². The quantitative estimate of drug-likeness (QED) is 0.693. The maximum absolute atomic E-state index is 13.1. The Morgan fingerprint density at radius 2 is 2.10 bits per heavy atom. The number of thiophene rings is 1. The molecule has 0 saturated heterocycles. The fourth-order valence-corrected chi connectivity index (χ4v) is 4.89. The Bertz CT molecular complexity index is 957. The van der Waals surface area contributed by atoms with Crippen molar-refractivity contribution in [1.29, 1.82) is 0 Å². The van der Waals surface area contributed by atoms with Crippen LogP contribution >= 0.6 is 11.3 Å². The number of aliphatic hydroxyl groups is 1. The van der Waals surface area contributed by atoms with Crippen LogP contribution in [0.15, 0.2) is 42.5 Å². The minimum Gasteiger partial charge on any atom is -0.459 e. The van der Waals surface area contributed by atoms with Crippen molar-refractivity contribution in [3.8, 4) is 0 Å². The average Bonchev–Trinajstić information content (AvgIpc) is 3.35. The highest BCUT2D eigenvalue weighted by molar-refractivity contribution is 7.17. The number of aliphatic hydroxyl groups excluding tert-OH is 1. The molecule has 8 nitrogen and oxygen atoms in total. The van der Waals surface area contributed by atoms with Gasteiger partial charge in [-0.2, -0.15) is 0 Å². The summed E-state index contributed by atoms with van der Waals surface area (Å²) < 4.78 is 10.6. The number of nitrogens with zero attached hydrogens (tertiary/aromatic N) is 1. The Morgan fingerprint density at radius 3 is 2.79 bits per heavy atom. The van der Waals surface area contributed by atoms with Gasteiger partial charge in [0.05, 0.1) is 11.7 Å². The lowest BCUT2D eigenvalue weighted by Crippen LogP contribution is -2.40. The van der Waals surface area contributed by atoms with Gasteiger partial charge in [0.1, 0.15) is 11.3 Å². The van der Waals surface area contributed by atoms with Crippen LogP contribution in [0.2, 0.25) is 0 Å². The van der Waals surface area contributed by atoms with Gasteiger partial charge >= 0.3 is 6.03 Å². The molecule has 1 aromatic heterocycles. The number of ether oxygens (including phenoxy) is 2. The minimum atomic E-state index is -0.616. The topological polar surface area (TPSA) is 114 Å². The second-order valence-electron chi connectivity index (χ2n) is 6.81. The summed E-state index contributed by atoms with van der Waals surface area (Å²) in [6.07, 6.45) is 2.37. The first-order valence-corrected chi connectivity index (χ1v) is 10.0. The highest BCUT2D eigenvalue weighted by Crippen LogP contribution is 2.42. The van der Waals surface area contributed by atoms with Crippen molar-refractivity contribution in [2.75, 3.05) is 11.7 Å². The largest absolute Gasteiger partial charge is 0.459 e. The molecular weight excluding hydrogens is 394 g/mol. The smallest absolute Gasteiger partial charge is 0.329 e. The summed E-state index contributed by atoms with van der Waals surface area (Å²) in [6.45, 7) is 0.285. The van der Waals surface area contributed by atoms with E-state index >= 15 is 0 Å². The van der Waals surface area contributed by atoms with Crippen molar-refractivity contribution < 1.29 is 24.2 Å². The molecule has 0 spiro atoms. The molecule has 0 saturated carbocycles. The number of nitrogens with two attached hydrogens (primary N) is 1.